The second-order valence-electron chi connectivity index (χ2n) is 7.92. The quantitative estimate of drug-likeness (QED) is 0.437. The Bertz CT molecular complexity index is 984. The van der Waals surface area contributed by atoms with Gasteiger partial charge in [0.05, 0.1) is 14.2 Å². The number of likely N-dealkylation sites (tertiary alicyclic amines) is 1. The number of ether oxygens (including phenoxy) is 2. The Balaban J connectivity index is 1.65. The van der Waals surface area contributed by atoms with Crippen LogP contribution in [0.15, 0.2) is 59.0 Å². The molecule has 0 atom stereocenters. The van der Waals surface area contributed by atoms with E-state index in [0.717, 1.165) is 52.6 Å². The monoisotopic (exact) mass is 436 g/mol. The fraction of sp³-hybridized carbons (Fsp3) is 0.320. The van der Waals surface area contributed by atoms with Crippen molar-refractivity contribution in [2.45, 2.75) is 18.8 Å². The molecule has 2 aromatic carbocycles. The number of furan rings is 1. The zero-order valence-electron chi connectivity index (χ0n) is 18.6. The molecule has 4 rings (SSSR count). The van der Waals surface area contributed by atoms with Crippen LogP contribution >= 0.6 is 0 Å². The highest BCUT2D eigenvalue weighted by atomic mass is 16.5. The maximum atomic E-state index is 12.0. The summed E-state index contributed by atoms with van der Waals surface area (Å²) in [6.45, 7) is 1.15. The van der Waals surface area contributed by atoms with Gasteiger partial charge in [-0.3, -0.25) is 5.21 Å². The lowest BCUT2D eigenvalue weighted by Crippen LogP contribution is -2.43. The Hall–Kier alpha value is -3.45. The average molecular weight is 437 g/mol. The molecule has 1 aromatic heterocycles. The Morgan fingerprint density at radius 1 is 0.969 bits per heavy atom. The SMILES string of the molecule is COc1ccc(-c2cc(C3CCN(C(=O)N(C)O)CC3)oc2-c2ccc(OC)cc2)cc1. The summed E-state index contributed by atoms with van der Waals surface area (Å²) in [7, 11) is 4.65. The molecule has 1 aliphatic rings. The lowest BCUT2D eigenvalue weighted by atomic mass is 9.93. The number of hydrogen-bond acceptors (Lipinski definition) is 5. The van der Waals surface area contributed by atoms with E-state index in [9.17, 15) is 10.0 Å². The number of nitrogens with zero attached hydrogens (tertiary/aromatic N) is 2. The number of carbonyl (C=O) groups excluding carboxylic acids is 1. The minimum atomic E-state index is -0.374. The molecule has 0 spiro atoms. The first kappa shape index (κ1) is 21.8. The van der Waals surface area contributed by atoms with Gasteiger partial charge in [0, 0.05) is 37.2 Å². The summed E-state index contributed by atoms with van der Waals surface area (Å²) in [6, 6.07) is 17.5. The van der Waals surface area contributed by atoms with Crippen molar-refractivity contribution in [3.63, 3.8) is 0 Å². The van der Waals surface area contributed by atoms with Gasteiger partial charge in [-0.25, -0.2) is 9.86 Å². The number of carbonyl (C=O) groups is 1. The lowest BCUT2D eigenvalue weighted by Gasteiger charge is -2.32. The van der Waals surface area contributed by atoms with Gasteiger partial charge in [-0.05, 0) is 60.9 Å². The van der Waals surface area contributed by atoms with Crippen LogP contribution in [-0.2, 0) is 0 Å². The third-order valence-corrected chi connectivity index (χ3v) is 5.95. The number of urea groups is 1. The number of hydroxylamine groups is 2. The molecule has 0 saturated carbocycles. The largest absolute Gasteiger partial charge is 0.497 e. The van der Waals surface area contributed by atoms with Gasteiger partial charge in [-0.2, -0.15) is 0 Å². The van der Waals surface area contributed by atoms with E-state index in [-0.39, 0.29) is 11.9 Å². The molecule has 168 valence electrons. The van der Waals surface area contributed by atoms with Gasteiger partial charge in [0.25, 0.3) is 0 Å². The van der Waals surface area contributed by atoms with Crippen LogP contribution < -0.4 is 9.47 Å². The summed E-state index contributed by atoms with van der Waals surface area (Å²) >= 11 is 0. The van der Waals surface area contributed by atoms with Crippen LogP contribution in [-0.4, -0.2) is 55.6 Å². The molecule has 2 amide bonds. The number of hydrogen-bond donors (Lipinski definition) is 1. The summed E-state index contributed by atoms with van der Waals surface area (Å²) in [5.74, 6) is 3.51. The first-order chi connectivity index (χ1) is 15.5. The van der Waals surface area contributed by atoms with E-state index in [1.807, 2.05) is 48.5 Å². The molecule has 7 heteroatoms. The van der Waals surface area contributed by atoms with Gasteiger partial charge in [-0.1, -0.05) is 12.1 Å². The second kappa shape index (κ2) is 9.36. The van der Waals surface area contributed by atoms with Gasteiger partial charge in [0.1, 0.15) is 23.0 Å². The van der Waals surface area contributed by atoms with Gasteiger partial charge >= 0.3 is 6.03 Å². The summed E-state index contributed by atoms with van der Waals surface area (Å²) < 4.78 is 17.0. The number of amides is 2. The third kappa shape index (κ3) is 4.43. The van der Waals surface area contributed by atoms with Gasteiger partial charge in [0.2, 0.25) is 0 Å². The van der Waals surface area contributed by atoms with Crippen LogP contribution in [0.5, 0.6) is 11.5 Å². The lowest BCUT2D eigenvalue weighted by molar-refractivity contribution is -0.0358. The number of piperidine rings is 1. The second-order valence-corrected chi connectivity index (χ2v) is 7.92. The van der Waals surface area contributed by atoms with E-state index >= 15 is 0 Å². The molecule has 0 unspecified atom stereocenters. The average Bonchev–Trinajstić information content (AvgIpc) is 3.29. The molecule has 1 aliphatic heterocycles. The number of methoxy groups -OCH3 is 2. The summed E-state index contributed by atoms with van der Waals surface area (Å²) in [6.07, 6.45) is 1.55. The molecule has 0 bridgehead atoms. The van der Waals surface area contributed by atoms with Crippen LogP contribution in [0, 0.1) is 0 Å². The smallest absolute Gasteiger partial charge is 0.343 e. The van der Waals surface area contributed by atoms with E-state index in [4.69, 9.17) is 13.9 Å². The molecule has 2 heterocycles. The highest BCUT2D eigenvalue weighted by Crippen LogP contribution is 2.40. The van der Waals surface area contributed by atoms with E-state index in [0.29, 0.717) is 18.2 Å². The normalized spacial score (nSPS) is 14.3. The van der Waals surface area contributed by atoms with E-state index in [1.54, 1.807) is 19.1 Å². The number of rotatable bonds is 5. The fourth-order valence-electron chi connectivity index (χ4n) is 4.11. The molecule has 1 N–H and O–H groups in total. The number of benzene rings is 2. The first-order valence-corrected chi connectivity index (χ1v) is 10.6. The minimum absolute atomic E-state index is 0.201. The third-order valence-electron chi connectivity index (χ3n) is 5.95. The molecule has 7 nitrogen and oxygen atoms in total. The van der Waals surface area contributed by atoms with Crippen molar-refractivity contribution in [2.75, 3.05) is 34.4 Å². The van der Waals surface area contributed by atoms with Crippen LogP contribution in [0.2, 0.25) is 0 Å². The summed E-state index contributed by atoms with van der Waals surface area (Å²) in [5.41, 5.74) is 3.03. The van der Waals surface area contributed by atoms with Crippen molar-refractivity contribution in [1.82, 2.24) is 9.96 Å². The zero-order valence-corrected chi connectivity index (χ0v) is 18.6. The van der Waals surface area contributed by atoms with Crippen LogP contribution in [0.25, 0.3) is 22.5 Å². The van der Waals surface area contributed by atoms with Gasteiger partial charge in [-0.15, -0.1) is 0 Å². The van der Waals surface area contributed by atoms with E-state index in [2.05, 4.69) is 6.07 Å². The Morgan fingerprint density at radius 3 is 2.00 bits per heavy atom. The van der Waals surface area contributed by atoms with Crippen LogP contribution in [0.1, 0.15) is 24.5 Å². The minimum Gasteiger partial charge on any atom is -0.497 e. The Labute approximate surface area is 187 Å². The first-order valence-electron chi connectivity index (χ1n) is 10.6. The van der Waals surface area contributed by atoms with Crippen molar-refractivity contribution in [2.24, 2.45) is 0 Å². The van der Waals surface area contributed by atoms with Crippen LogP contribution in [0.4, 0.5) is 4.79 Å². The molecular formula is C25H28N2O5. The molecule has 0 radical (unpaired) electrons. The van der Waals surface area contributed by atoms with E-state index < -0.39 is 0 Å². The maximum absolute atomic E-state index is 12.0. The molecular weight excluding hydrogens is 408 g/mol. The zero-order chi connectivity index (χ0) is 22.7. The van der Waals surface area contributed by atoms with Gasteiger partial charge in [0.15, 0.2) is 0 Å². The molecule has 3 aromatic rings. The molecule has 32 heavy (non-hydrogen) atoms. The fourth-order valence-corrected chi connectivity index (χ4v) is 4.11. The van der Waals surface area contributed by atoms with Crippen LogP contribution in [0.3, 0.4) is 0 Å². The topological polar surface area (TPSA) is 75.4 Å². The van der Waals surface area contributed by atoms with Crippen molar-refractivity contribution in [3.8, 4) is 33.9 Å². The standard InChI is InChI=1S/C25H28N2O5/c1-26(29)25(28)27-14-12-18(13-15-27)23-16-22(17-4-8-20(30-2)9-5-17)24(32-23)19-6-10-21(31-3)11-7-19/h4-11,16,18,29H,12-15H2,1-3H3. The summed E-state index contributed by atoms with van der Waals surface area (Å²) in [5, 5.41) is 10.1. The van der Waals surface area contributed by atoms with Crippen molar-refractivity contribution in [3.05, 3.63) is 60.4 Å². The summed E-state index contributed by atoms with van der Waals surface area (Å²) in [4.78, 5) is 13.7. The highest BCUT2D eigenvalue weighted by Gasteiger charge is 2.28. The van der Waals surface area contributed by atoms with Crippen molar-refractivity contribution >= 4 is 6.03 Å². The Kier molecular flexibility index (Phi) is 6.37. The maximum Gasteiger partial charge on any atom is 0.343 e. The predicted molar refractivity (Wildman–Crippen MR) is 121 cm³/mol. The molecule has 1 saturated heterocycles. The van der Waals surface area contributed by atoms with Crippen molar-refractivity contribution < 1.29 is 23.9 Å². The van der Waals surface area contributed by atoms with Crippen molar-refractivity contribution in [1.29, 1.82) is 0 Å². The Morgan fingerprint density at radius 2 is 1.50 bits per heavy atom. The predicted octanol–water partition coefficient (Wildman–Crippen LogP) is 5.25. The molecule has 1 fully saturated rings. The van der Waals surface area contributed by atoms with Gasteiger partial charge < -0.3 is 18.8 Å². The van der Waals surface area contributed by atoms with E-state index in [1.165, 1.54) is 7.05 Å². The molecule has 0 aliphatic carbocycles. The highest BCUT2D eigenvalue weighted by molar-refractivity contribution is 5.81.